The van der Waals surface area contributed by atoms with E-state index in [-0.39, 0.29) is 12.7 Å². The van der Waals surface area contributed by atoms with Crippen molar-refractivity contribution in [2.24, 2.45) is 0 Å². The first-order valence-electron chi connectivity index (χ1n) is 11.3. The summed E-state index contributed by atoms with van der Waals surface area (Å²) >= 11 is 0. The van der Waals surface area contributed by atoms with E-state index >= 15 is 0 Å². The third-order valence-corrected chi connectivity index (χ3v) is 5.35. The summed E-state index contributed by atoms with van der Waals surface area (Å²) in [6.45, 7) is 2.93. The summed E-state index contributed by atoms with van der Waals surface area (Å²) in [6.07, 6.45) is 0. The molecule has 0 aliphatic heterocycles. The molecule has 0 atom stereocenters. The zero-order valence-corrected chi connectivity index (χ0v) is 20.6. The smallest absolute Gasteiger partial charge is 0.338 e. The van der Waals surface area contributed by atoms with E-state index < -0.39 is 0 Å². The number of carbonyl (C=O) groups excluding carboxylic acids is 1. The predicted octanol–water partition coefficient (Wildman–Crippen LogP) is 4.01. The third kappa shape index (κ3) is 5.16. The van der Waals surface area contributed by atoms with Gasteiger partial charge in [-0.15, -0.1) is 0 Å². The number of nitrogens with zero attached hydrogens (tertiary/aromatic N) is 5. The van der Waals surface area contributed by atoms with Gasteiger partial charge in [0.2, 0.25) is 0 Å². The second-order valence-electron chi connectivity index (χ2n) is 8.21. The molecule has 4 rings (SSSR count). The Morgan fingerprint density at radius 3 is 2.43 bits per heavy atom. The van der Waals surface area contributed by atoms with E-state index in [9.17, 15) is 4.79 Å². The number of ether oxygens (including phenoxy) is 3. The van der Waals surface area contributed by atoms with E-state index in [0.29, 0.717) is 47.2 Å². The van der Waals surface area contributed by atoms with Gasteiger partial charge in [-0.2, -0.15) is 0 Å². The Bertz CT molecular complexity index is 1330. The molecule has 0 N–H and O–H groups in total. The molecule has 0 amide bonds. The van der Waals surface area contributed by atoms with Crippen LogP contribution in [0.1, 0.15) is 23.1 Å². The molecule has 0 aliphatic carbocycles. The molecule has 35 heavy (non-hydrogen) atoms. The second-order valence-corrected chi connectivity index (χ2v) is 8.21. The maximum absolute atomic E-state index is 12.1. The van der Waals surface area contributed by atoms with Crippen LogP contribution in [0.15, 0.2) is 48.5 Å². The third-order valence-electron chi connectivity index (χ3n) is 5.35. The van der Waals surface area contributed by atoms with Crippen LogP contribution in [0.25, 0.3) is 33.8 Å². The number of aromatic nitrogens is 4. The van der Waals surface area contributed by atoms with Crippen LogP contribution in [0.3, 0.4) is 0 Å². The van der Waals surface area contributed by atoms with Gasteiger partial charge >= 0.3 is 5.97 Å². The number of fused-ring (bicyclic) bond motifs is 1. The molecule has 0 saturated heterocycles. The van der Waals surface area contributed by atoms with E-state index in [0.717, 1.165) is 16.9 Å². The van der Waals surface area contributed by atoms with Gasteiger partial charge in [-0.1, -0.05) is 24.3 Å². The normalized spacial score (nSPS) is 11.3. The number of hydrogen-bond acceptors (Lipinski definition) is 8. The summed E-state index contributed by atoms with van der Waals surface area (Å²) < 4.78 is 18.0. The Hall–Kier alpha value is -3.82. The van der Waals surface area contributed by atoms with Gasteiger partial charge in [0.25, 0.3) is 0 Å². The van der Waals surface area contributed by atoms with Crippen LogP contribution in [0, 0.1) is 0 Å². The minimum absolute atomic E-state index is 0.267. The fourth-order valence-electron chi connectivity index (χ4n) is 3.81. The van der Waals surface area contributed by atoms with Crippen LogP contribution in [0.5, 0.6) is 5.75 Å². The highest BCUT2D eigenvalue weighted by Gasteiger charge is 2.21. The van der Waals surface area contributed by atoms with E-state index in [1.165, 1.54) is 0 Å². The SMILES string of the molecule is CCOC(=O)c1ccc(-c2nc(CN(C)C)nc3c2nc(-c2cccc(OC)c2)n3COC)cc1. The minimum atomic E-state index is -0.357. The van der Waals surface area contributed by atoms with Crippen LogP contribution in [0.4, 0.5) is 0 Å². The van der Waals surface area contributed by atoms with Crippen molar-refractivity contribution in [2.75, 3.05) is 34.9 Å². The van der Waals surface area contributed by atoms with Crippen molar-refractivity contribution >= 4 is 17.1 Å². The number of benzene rings is 2. The molecule has 182 valence electrons. The summed E-state index contributed by atoms with van der Waals surface area (Å²) in [5, 5.41) is 0. The first-order chi connectivity index (χ1) is 16.9. The van der Waals surface area contributed by atoms with E-state index in [1.807, 2.05) is 60.0 Å². The number of carbonyl (C=O) groups is 1. The van der Waals surface area contributed by atoms with Crippen LogP contribution < -0.4 is 4.74 Å². The molecule has 2 aromatic heterocycles. The summed E-state index contributed by atoms with van der Waals surface area (Å²) in [6, 6.07) is 14.9. The summed E-state index contributed by atoms with van der Waals surface area (Å²) in [5.41, 5.74) is 4.17. The maximum atomic E-state index is 12.1. The summed E-state index contributed by atoms with van der Waals surface area (Å²) in [4.78, 5) is 28.8. The minimum Gasteiger partial charge on any atom is -0.497 e. The highest BCUT2D eigenvalue weighted by Crippen LogP contribution is 2.32. The molecule has 0 fully saturated rings. The Balaban J connectivity index is 1.93. The topological polar surface area (TPSA) is 91.6 Å². The van der Waals surface area contributed by atoms with Gasteiger partial charge < -0.3 is 19.1 Å². The van der Waals surface area contributed by atoms with Crippen molar-refractivity contribution in [3.8, 4) is 28.4 Å². The van der Waals surface area contributed by atoms with E-state index in [4.69, 9.17) is 29.2 Å². The lowest BCUT2D eigenvalue weighted by Crippen LogP contribution is -2.14. The lowest BCUT2D eigenvalue weighted by atomic mass is 10.1. The van der Waals surface area contributed by atoms with Gasteiger partial charge in [0.15, 0.2) is 5.65 Å². The van der Waals surface area contributed by atoms with Gasteiger partial charge in [0, 0.05) is 18.2 Å². The number of rotatable bonds is 9. The molecule has 0 unspecified atom stereocenters. The fraction of sp³-hybridized carbons (Fsp3) is 0.308. The molecular weight excluding hydrogens is 446 g/mol. The van der Waals surface area contributed by atoms with Gasteiger partial charge in [-0.05, 0) is 45.3 Å². The highest BCUT2D eigenvalue weighted by atomic mass is 16.5. The van der Waals surface area contributed by atoms with Crippen LogP contribution in [-0.2, 0) is 22.7 Å². The van der Waals surface area contributed by atoms with Crippen molar-refractivity contribution in [1.29, 1.82) is 0 Å². The van der Waals surface area contributed by atoms with Gasteiger partial charge in [0.05, 0.1) is 25.8 Å². The van der Waals surface area contributed by atoms with E-state index in [2.05, 4.69) is 0 Å². The molecule has 9 heteroatoms. The molecule has 0 bridgehead atoms. The summed E-state index contributed by atoms with van der Waals surface area (Å²) in [7, 11) is 7.21. The number of esters is 1. The standard InChI is InChI=1S/C26H29N5O4/c1-6-35-26(32)18-12-10-17(11-13-18)22-23-25(28-21(27-22)15-30(2)3)31(16-33-4)24(29-23)19-8-7-9-20(14-19)34-5/h7-14H,6,15-16H2,1-5H3. The Kier molecular flexibility index (Phi) is 7.38. The summed E-state index contributed by atoms with van der Waals surface area (Å²) in [5.74, 6) is 1.72. The Morgan fingerprint density at radius 2 is 1.77 bits per heavy atom. The van der Waals surface area contributed by atoms with Crippen molar-refractivity contribution in [3.63, 3.8) is 0 Å². The van der Waals surface area contributed by atoms with Crippen LogP contribution in [-0.4, -0.2) is 65.3 Å². The average molecular weight is 476 g/mol. The first-order valence-corrected chi connectivity index (χ1v) is 11.3. The number of hydrogen-bond donors (Lipinski definition) is 0. The maximum Gasteiger partial charge on any atom is 0.338 e. The lowest BCUT2D eigenvalue weighted by Gasteiger charge is -2.12. The molecular formula is C26H29N5O4. The molecule has 0 aliphatic rings. The van der Waals surface area contributed by atoms with Crippen molar-refractivity contribution < 1.29 is 19.0 Å². The number of methoxy groups -OCH3 is 2. The molecule has 0 radical (unpaired) electrons. The largest absolute Gasteiger partial charge is 0.497 e. The molecule has 2 heterocycles. The van der Waals surface area contributed by atoms with Gasteiger partial charge in [-0.25, -0.2) is 19.7 Å². The first kappa shape index (κ1) is 24.3. The average Bonchev–Trinajstić information content (AvgIpc) is 3.22. The molecule has 2 aromatic carbocycles. The second kappa shape index (κ2) is 10.6. The molecule has 0 saturated carbocycles. The molecule has 4 aromatic rings. The zero-order valence-electron chi connectivity index (χ0n) is 20.6. The van der Waals surface area contributed by atoms with Crippen molar-refractivity contribution in [3.05, 3.63) is 59.9 Å². The van der Waals surface area contributed by atoms with Crippen molar-refractivity contribution in [2.45, 2.75) is 20.2 Å². The fourth-order valence-corrected chi connectivity index (χ4v) is 3.81. The van der Waals surface area contributed by atoms with Crippen LogP contribution in [0.2, 0.25) is 0 Å². The zero-order chi connectivity index (χ0) is 24.9. The highest BCUT2D eigenvalue weighted by molar-refractivity contribution is 5.93. The Morgan fingerprint density at radius 1 is 1.00 bits per heavy atom. The van der Waals surface area contributed by atoms with Crippen molar-refractivity contribution in [1.82, 2.24) is 24.4 Å². The lowest BCUT2D eigenvalue weighted by molar-refractivity contribution is 0.0526. The monoisotopic (exact) mass is 475 g/mol. The van der Waals surface area contributed by atoms with E-state index in [1.54, 1.807) is 33.3 Å². The van der Waals surface area contributed by atoms with Gasteiger partial charge in [0.1, 0.15) is 35.3 Å². The quantitative estimate of drug-likeness (QED) is 0.335. The predicted molar refractivity (Wildman–Crippen MR) is 133 cm³/mol. The Labute approximate surface area is 204 Å². The molecule has 0 spiro atoms. The number of imidazole rings is 1. The molecule has 9 nitrogen and oxygen atoms in total. The van der Waals surface area contributed by atoms with Crippen LogP contribution >= 0.6 is 0 Å². The van der Waals surface area contributed by atoms with Gasteiger partial charge in [-0.3, -0.25) is 4.57 Å².